The maximum Gasteiger partial charge on any atom is 0.234 e. The minimum Gasteiger partial charge on any atom is -0.368 e. The highest BCUT2D eigenvalue weighted by Crippen LogP contribution is 1.91. The van der Waals surface area contributed by atoms with Crippen LogP contribution in [0, 0.1) is 0 Å². The van der Waals surface area contributed by atoms with Crippen LogP contribution in [-0.2, 0) is 9.59 Å². The van der Waals surface area contributed by atoms with Crippen LogP contribution in [0.15, 0.2) is 0 Å². The number of nitrogens with one attached hydrogen (secondary N) is 1. The van der Waals surface area contributed by atoms with Crippen LogP contribution in [0.5, 0.6) is 0 Å². The molecule has 0 saturated carbocycles. The first-order chi connectivity index (χ1) is 6.49. The topological polar surface area (TPSA) is 75.4 Å². The lowest BCUT2D eigenvalue weighted by atomic mass is 10.2. The lowest BCUT2D eigenvalue weighted by Crippen LogP contribution is -2.42. The number of carbonyl (C=O) groups excluding carboxylic acids is 2. The van der Waals surface area contributed by atoms with E-state index in [4.69, 9.17) is 5.73 Å². The van der Waals surface area contributed by atoms with Crippen molar-refractivity contribution in [3.05, 3.63) is 0 Å². The average molecular weight is 201 g/mol. The fourth-order valence-electron chi connectivity index (χ4n) is 1.02. The third-order valence-electron chi connectivity index (χ3n) is 1.98. The van der Waals surface area contributed by atoms with Gasteiger partial charge in [-0.05, 0) is 6.42 Å². The van der Waals surface area contributed by atoms with Gasteiger partial charge in [-0.2, -0.15) is 0 Å². The van der Waals surface area contributed by atoms with Crippen LogP contribution in [0.2, 0.25) is 0 Å². The first kappa shape index (κ1) is 12.9. The van der Waals surface area contributed by atoms with Gasteiger partial charge in [-0.1, -0.05) is 6.92 Å². The molecule has 0 aromatic carbocycles. The van der Waals surface area contributed by atoms with Crippen molar-refractivity contribution < 1.29 is 9.59 Å². The number of rotatable bonds is 6. The second kappa shape index (κ2) is 6.37. The van der Waals surface area contributed by atoms with Gasteiger partial charge in [0, 0.05) is 27.1 Å². The molecule has 0 aliphatic heterocycles. The van der Waals surface area contributed by atoms with Crippen LogP contribution in [0.25, 0.3) is 0 Å². The van der Waals surface area contributed by atoms with E-state index in [0.717, 1.165) is 0 Å². The molecule has 14 heavy (non-hydrogen) atoms. The van der Waals surface area contributed by atoms with Crippen LogP contribution < -0.4 is 11.1 Å². The molecule has 1 unspecified atom stereocenters. The monoisotopic (exact) mass is 201 g/mol. The van der Waals surface area contributed by atoms with E-state index in [9.17, 15) is 9.59 Å². The molecule has 0 fully saturated rings. The summed E-state index contributed by atoms with van der Waals surface area (Å²) in [6.07, 6.45) is 1.03. The summed E-state index contributed by atoms with van der Waals surface area (Å²) >= 11 is 0. The fraction of sp³-hybridized carbons (Fsp3) is 0.778. The van der Waals surface area contributed by atoms with Crippen molar-refractivity contribution in [2.24, 2.45) is 5.73 Å². The normalized spacial score (nSPS) is 12.2. The van der Waals surface area contributed by atoms with Crippen molar-refractivity contribution in [3.8, 4) is 0 Å². The summed E-state index contributed by atoms with van der Waals surface area (Å²) in [5.41, 5.74) is 5.13. The average Bonchev–Trinajstić information content (AvgIpc) is 2.11. The Kier molecular flexibility index (Phi) is 5.87. The Bertz CT molecular complexity index is 204. The molecule has 1 atom stereocenters. The molecule has 0 spiro atoms. The number of hydrogen-bond donors (Lipinski definition) is 2. The van der Waals surface area contributed by atoms with Gasteiger partial charge in [-0.3, -0.25) is 9.59 Å². The molecule has 2 amide bonds. The van der Waals surface area contributed by atoms with Gasteiger partial charge < -0.3 is 16.0 Å². The van der Waals surface area contributed by atoms with E-state index in [2.05, 4.69) is 5.32 Å². The highest BCUT2D eigenvalue weighted by atomic mass is 16.2. The van der Waals surface area contributed by atoms with Crippen molar-refractivity contribution >= 4 is 11.8 Å². The summed E-state index contributed by atoms with van der Waals surface area (Å²) in [7, 11) is 3.40. The van der Waals surface area contributed by atoms with Gasteiger partial charge in [-0.25, -0.2) is 0 Å². The Labute approximate surface area is 84.6 Å². The van der Waals surface area contributed by atoms with E-state index in [1.54, 1.807) is 14.1 Å². The third-order valence-corrected chi connectivity index (χ3v) is 1.98. The molecule has 3 N–H and O–H groups in total. The van der Waals surface area contributed by atoms with Crippen molar-refractivity contribution in [2.75, 3.05) is 20.6 Å². The lowest BCUT2D eigenvalue weighted by molar-refractivity contribution is -0.129. The van der Waals surface area contributed by atoms with E-state index in [-0.39, 0.29) is 17.9 Å². The highest BCUT2D eigenvalue weighted by molar-refractivity contribution is 5.80. The lowest BCUT2D eigenvalue weighted by Gasteiger charge is -2.14. The van der Waals surface area contributed by atoms with Crippen LogP contribution in [-0.4, -0.2) is 43.4 Å². The van der Waals surface area contributed by atoms with Gasteiger partial charge in [0.2, 0.25) is 11.8 Å². The van der Waals surface area contributed by atoms with E-state index in [1.807, 2.05) is 6.92 Å². The predicted molar refractivity (Wildman–Crippen MR) is 54.6 cm³/mol. The van der Waals surface area contributed by atoms with E-state index in [1.165, 1.54) is 4.90 Å². The van der Waals surface area contributed by atoms with E-state index >= 15 is 0 Å². The van der Waals surface area contributed by atoms with Crippen LogP contribution >= 0.6 is 0 Å². The number of carbonyl (C=O) groups is 2. The number of amides is 2. The molecule has 0 aromatic heterocycles. The Morgan fingerprint density at radius 1 is 1.43 bits per heavy atom. The van der Waals surface area contributed by atoms with Crippen LogP contribution in [0.4, 0.5) is 0 Å². The summed E-state index contributed by atoms with van der Waals surface area (Å²) < 4.78 is 0. The first-order valence-corrected chi connectivity index (χ1v) is 4.71. The smallest absolute Gasteiger partial charge is 0.234 e. The number of nitrogens with two attached hydrogens (primary N) is 1. The zero-order valence-electron chi connectivity index (χ0n) is 9.04. The highest BCUT2D eigenvalue weighted by Gasteiger charge is 2.12. The summed E-state index contributed by atoms with van der Waals surface area (Å²) in [6.45, 7) is 2.36. The summed E-state index contributed by atoms with van der Waals surface area (Å²) in [5, 5.41) is 2.93. The first-order valence-electron chi connectivity index (χ1n) is 4.71. The molecule has 0 aliphatic rings. The molecule has 0 saturated heterocycles. The van der Waals surface area contributed by atoms with Crippen LogP contribution in [0.3, 0.4) is 0 Å². The minimum absolute atomic E-state index is 0.0387. The Hall–Kier alpha value is -1.10. The maximum atomic E-state index is 11.2. The number of hydrogen-bond acceptors (Lipinski definition) is 3. The zero-order chi connectivity index (χ0) is 11.1. The summed E-state index contributed by atoms with van der Waals surface area (Å²) in [5.74, 6) is -0.332. The van der Waals surface area contributed by atoms with Gasteiger partial charge in [0.1, 0.15) is 0 Å². The van der Waals surface area contributed by atoms with Crippen LogP contribution in [0.1, 0.15) is 19.8 Å². The number of primary amides is 1. The molecule has 0 aliphatic carbocycles. The summed E-state index contributed by atoms with van der Waals surface area (Å²) in [6, 6.07) is -0.329. The Morgan fingerprint density at radius 3 is 2.36 bits per heavy atom. The fourth-order valence-corrected chi connectivity index (χ4v) is 1.02. The molecule has 0 heterocycles. The molecule has 0 bridgehead atoms. The van der Waals surface area contributed by atoms with Crippen molar-refractivity contribution in [1.29, 1.82) is 0 Å². The second-order valence-electron chi connectivity index (χ2n) is 3.36. The van der Waals surface area contributed by atoms with E-state index < -0.39 is 0 Å². The zero-order valence-corrected chi connectivity index (χ0v) is 9.04. The molecule has 82 valence electrons. The molecular formula is C9H19N3O2. The summed E-state index contributed by atoms with van der Waals surface area (Å²) in [4.78, 5) is 23.5. The van der Waals surface area contributed by atoms with Crippen molar-refractivity contribution in [1.82, 2.24) is 10.2 Å². The largest absolute Gasteiger partial charge is 0.368 e. The van der Waals surface area contributed by atoms with Crippen molar-refractivity contribution in [3.63, 3.8) is 0 Å². The molecule has 0 aromatic rings. The molecule has 5 heteroatoms. The van der Waals surface area contributed by atoms with Gasteiger partial charge in [0.25, 0.3) is 0 Å². The third kappa shape index (κ3) is 4.81. The van der Waals surface area contributed by atoms with Crippen molar-refractivity contribution in [2.45, 2.75) is 25.8 Å². The predicted octanol–water partition coefficient (Wildman–Crippen LogP) is -0.682. The maximum absolute atomic E-state index is 11.2. The van der Waals surface area contributed by atoms with Gasteiger partial charge in [-0.15, -0.1) is 0 Å². The molecule has 0 radical (unpaired) electrons. The SMILES string of the molecule is CCC(NCCC(=O)N(C)C)C(N)=O. The molecule has 0 rings (SSSR count). The Balaban J connectivity index is 3.72. The van der Waals surface area contributed by atoms with Gasteiger partial charge >= 0.3 is 0 Å². The minimum atomic E-state index is -0.371. The van der Waals surface area contributed by atoms with Gasteiger partial charge in [0.15, 0.2) is 0 Å². The quantitative estimate of drug-likeness (QED) is 0.597. The van der Waals surface area contributed by atoms with Gasteiger partial charge in [0.05, 0.1) is 6.04 Å². The standard InChI is InChI=1S/C9H19N3O2/c1-4-7(9(10)14)11-6-5-8(13)12(2)3/h7,11H,4-6H2,1-3H3,(H2,10,14). The Morgan fingerprint density at radius 2 is 2.00 bits per heavy atom. The molecule has 5 nitrogen and oxygen atoms in total. The second-order valence-corrected chi connectivity index (χ2v) is 3.36. The molecular weight excluding hydrogens is 182 g/mol. The van der Waals surface area contributed by atoms with E-state index in [0.29, 0.717) is 19.4 Å². The number of nitrogens with zero attached hydrogens (tertiary/aromatic N) is 1.